The predicted molar refractivity (Wildman–Crippen MR) is 72.9 cm³/mol. The molecule has 0 aromatic heterocycles. The van der Waals surface area contributed by atoms with Gasteiger partial charge in [0.1, 0.15) is 11.8 Å². The van der Waals surface area contributed by atoms with E-state index in [-0.39, 0.29) is 18.6 Å². The maximum atomic E-state index is 11.9. The monoisotopic (exact) mass is 327 g/mol. The van der Waals surface area contributed by atoms with Crippen molar-refractivity contribution < 1.29 is 19.5 Å². The first kappa shape index (κ1) is 15.4. The SMILES string of the molecule is CCC(=O)CC(NC(=O)c1ccccc1Br)C(=O)O. The second kappa shape index (κ2) is 7.04. The summed E-state index contributed by atoms with van der Waals surface area (Å²) in [6.07, 6.45) is 0.0384. The maximum Gasteiger partial charge on any atom is 0.326 e. The molecule has 0 fully saturated rings. The third-order valence-electron chi connectivity index (χ3n) is 2.55. The van der Waals surface area contributed by atoms with Crippen LogP contribution in [0.4, 0.5) is 0 Å². The van der Waals surface area contributed by atoms with Crippen molar-refractivity contribution in [3.05, 3.63) is 34.3 Å². The highest BCUT2D eigenvalue weighted by Crippen LogP contribution is 2.15. The minimum Gasteiger partial charge on any atom is -0.480 e. The van der Waals surface area contributed by atoms with Crippen LogP contribution in [0.1, 0.15) is 30.1 Å². The number of ketones is 1. The zero-order chi connectivity index (χ0) is 14.4. The molecule has 0 heterocycles. The fourth-order valence-corrected chi connectivity index (χ4v) is 1.92. The summed E-state index contributed by atoms with van der Waals surface area (Å²) >= 11 is 3.21. The minimum absolute atomic E-state index is 0.206. The molecule has 1 atom stereocenters. The molecule has 0 spiro atoms. The van der Waals surface area contributed by atoms with Crippen LogP contribution >= 0.6 is 15.9 Å². The number of benzene rings is 1. The molecule has 2 N–H and O–H groups in total. The Balaban J connectivity index is 2.80. The van der Waals surface area contributed by atoms with E-state index in [1.165, 1.54) is 0 Å². The van der Waals surface area contributed by atoms with Gasteiger partial charge in [-0.1, -0.05) is 19.1 Å². The van der Waals surface area contributed by atoms with Crippen molar-refractivity contribution in [2.24, 2.45) is 0 Å². The number of halogens is 1. The highest BCUT2D eigenvalue weighted by molar-refractivity contribution is 9.10. The molecule has 19 heavy (non-hydrogen) atoms. The van der Waals surface area contributed by atoms with Gasteiger partial charge in [-0.2, -0.15) is 0 Å². The van der Waals surface area contributed by atoms with Crippen molar-refractivity contribution in [2.45, 2.75) is 25.8 Å². The van der Waals surface area contributed by atoms with Crippen molar-refractivity contribution in [3.8, 4) is 0 Å². The largest absolute Gasteiger partial charge is 0.480 e. The Morgan fingerprint density at radius 1 is 1.32 bits per heavy atom. The molecule has 1 aromatic carbocycles. The van der Waals surface area contributed by atoms with Crippen LogP contribution in [0.25, 0.3) is 0 Å². The van der Waals surface area contributed by atoms with E-state index in [9.17, 15) is 14.4 Å². The Kier molecular flexibility index (Phi) is 5.69. The van der Waals surface area contributed by atoms with Gasteiger partial charge < -0.3 is 10.4 Å². The van der Waals surface area contributed by atoms with E-state index in [0.29, 0.717) is 10.0 Å². The number of carbonyl (C=O) groups is 3. The molecule has 0 saturated heterocycles. The molecule has 0 saturated carbocycles. The van der Waals surface area contributed by atoms with E-state index < -0.39 is 17.9 Å². The molecule has 1 aromatic rings. The van der Waals surface area contributed by atoms with Gasteiger partial charge >= 0.3 is 5.97 Å². The summed E-state index contributed by atoms with van der Waals surface area (Å²) in [5.74, 6) is -1.95. The molecule has 1 unspecified atom stereocenters. The van der Waals surface area contributed by atoms with Crippen LogP contribution < -0.4 is 5.32 Å². The molecule has 0 bridgehead atoms. The summed E-state index contributed by atoms with van der Waals surface area (Å²) in [5.41, 5.74) is 0.331. The summed E-state index contributed by atoms with van der Waals surface area (Å²) < 4.78 is 0.568. The molecular formula is C13H14BrNO4. The number of carbonyl (C=O) groups excluding carboxylic acids is 2. The smallest absolute Gasteiger partial charge is 0.326 e. The van der Waals surface area contributed by atoms with Gasteiger partial charge in [0, 0.05) is 17.3 Å². The fraction of sp³-hybridized carbons (Fsp3) is 0.308. The van der Waals surface area contributed by atoms with Crippen molar-refractivity contribution in [1.29, 1.82) is 0 Å². The van der Waals surface area contributed by atoms with Gasteiger partial charge in [-0.3, -0.25) is 9.59 Å². The highest BCUT2D eigenvalue weighted by atomic mass is 79.9. The Labute approximate surface area is 119 Å². The molecule has 102 valence electrons. The van der Waals surface area contributed by atoms with Gasteiger partial charge in [-0.05, 0) is 28.1 Å². The number of carboxylic acids is 1. The molecule has 0 aliphatic carbocycles. The minimum atomic E-state index is -1.22. The average molecular weight is 328 g/mol. The number of aliphatic carboxylic acids is 1. The number of rotatable bonds is 6. The zero-order valence-corrected chi connectivity index (χ0v) is 11.9. The van der Waals surface area contributed by atoms with E-state index >= 15 is 0 Å². The predicted octanol–water partition coefficient (Wildman–Crippen LogP) is 2.00. The van der Waals surface area contributed by atoms with Crippen molar-refractivity contribution in [1.82, 2.24) is 5.32 Å². The number of hydrogen-bond donors (Lipinski definition) is 2. The fourth-order valence-electron chi connectivity index (χ4n) is 1.45. The summed E-state index contributed by atoms with van der Waals surface area (Å²) in [6.45, 7) is 1.65. The molecule has 1 amide bonds. The van der Waals surface area contributed by atoms with Crippen LogP contribution in [-0.2, 0) is 9.59 Å². The van der Waals surface area contributed by atoms with Gasteiger partial charge in [0.2, 0.25) is 0 Å². The highest BCUT2D eigenvalue weighted by Gasteiger charge is 2.23. The molecule has 1 rings (SSSR count). The molecule has 0 aliphatic heterocycles. The lowest BCUT2D eigenvalue weighted by atomic mass is 10.1. The maximum absolute atomic E-state index is 11.9. The summed E-state index contributed by atoms with van der Waals surface area (Å²) in [5, 5.41) is 11.4. The van der Waals surface area contributed by atoms with E-state index in [1.54, 1.807) is 31.2 Å². The van der Waals surface area contributed by atoms with Crippen LogP contribution in [0.5, 0.6) is 0 Å². The Hall–Kier alpha value is -1.69. The Morgan fingerprint density at radius 3 is 2.47 bits per heavy atom. The van der Waals surface area contributed by atoms with Gasteiger partial charge in [-0.15, -0.1) is 0 Å². The van der Waals surface area contributed by atoms with E-state index in [1.807, 2.05) is 0 Å². The Bertz CT molecular complexity index is 501. The molecule has 0 radical (unpaired) electrons. The van der Waals surface area contributed by atoms with Crippen molar-refractivity contribution in [2.75, 3.05) is 0 Å². The number of hydrogen-bond acceptors (Lipinski definition) is 3. The van der Waals surface area contributed by atoms with Gasteiger partial charge in [0.15, 0.2) is 0 Å². The molecule has 5 nitrogen and oxygen atoms in total. The van der Waals surface area contributed by atoms with Gasteiger partial charge in [-0.25, -0.2) is 4.79 Å². The third-order valence-corrected chi connectivity index (χ3v) is 3.24. The first-order valence-corrected chi connectivity index (χ1v) is 6.55. The number of carboxylic acid groups (broad SMARTS) is 1. The number of nitrogens with one attached hydrogen (secondary N) is 1. The topological polar surface area (TPSA) is 83.5 Å². The Morgan fingerprint density at radius 2 is 1.95 bits per heavy atom. The van der Waals surface area contributed by atoms with Crippen LogP contribution in [0.2, 0.25) is 0 Å². The van der Waals surface area contributed by atoms with Crippen LogP contribution in [0, 0.1) is 0 Å². The molecule has 6 heteroatoms. The lowest BCUT2D eigenvalue weighted by molar-refractivity contribution is -0.141. The standard InChI is InChI=1S/C13H14BrNO4/c1-2-8(16)7-11(13(18)19)15-12(17)9-5-3-4-6-10(9)14/h3-6,11H,2,7H2,1H3,(H,15,17)(H,18,19). The van der Waals surface area contributed by atoms with Crippen LogP contribution in [0.3, 0.4) is 0 Å². The first-order valence-electron chi connectivity index (χ1n) is 5.75. The van der Waals surface area contributed by atoms with E-state index in [2.05, 4.69) is 21.2 Å². The van der Waals surface area contributed by atoms with Crippen molar-refractivity contribution >= 4 is 33.6 Å². The third kappa shape index (κ3) is 4.48. The zero-order valence-electron chi connectivity index (χ0n) is 10.4. The second-order valence-corrected chi connectivity index (χ2v) is 4.79. The second-order valence-electron chi connectivity index (χ2n) is 3.94. The quantitative estimate of drug-likeness (QED) is 0.837. The van der Waals surface area contributed by atoms with Gasteiger partial charge in [0.25, 0.3) is 5.91 Å². The summed E-state index contributed by atoms with van der Waals surface area (Å²) in [6, 6.07) is 5.47. The number of Topliss-reactive ketones (excluding diaryl/α,β-unsaturated/α-hetero) is 1. The average Bonchev–Trinajstić information content (AvgIpc) is 2.37. The molecular weight excluding hydrogens is 314 g/mol. The summed E-state index contributed by atoms with van der Waals surface area (Å²) in [4.78, 5) is 34.2. The van der Waals surface area contributed by atoms with Crippen molar-refractivity contribution in [3.63, 3.8) is 0 Å². The van der Waals surface area contributed by atoms with Crippen LogP contribution in [0.15, 0.2) is 28.7 Å². The number of amides is 1. The molecule has 0 aliphatic rings. The lowest BCUT2D eigenvalue weighted by Gasteiger charge is -2.14. The van der Waals surface area contributed by atoms with E-state index in [0.717, 1.165) is 0 Å². The van der Waals surface area contributed by atoms with E-state index in [4.69, 9.17) is 5.11 Å². The van der Waals surface area contributed by atoms with Gasteiger partial charge in [0.05, 0.1) is 5.56 Å². The lowest BCUT2D eigenvalue weighted by Crippen LogP contribution is -2.42. The van der Waals surface area contributed by atoms with Crippen LogP contribution in [-0.4, -0.2) is 28.8 Å². The normalized spacial score (nSPS) is 11.7. The summed E-state index contributed by atoms with van der Waals surface area (Å²) in [7, 11) is 0. The first-order chi connectivity index (χ1) is 8.95.